The van der Waals surface area contributed by atoms with Crippen LogP contribution in [-0.2, 0) is 20.4 Å². The van der Waals surface area contributed by atoms with Gasteiger partial charge in [0.05, 0.1) is 17.6 Å². The Morgan fingerprint density at radius 2 is 1.79 bits per heavy atom. The van der Waals surface area contributed by atoms with E-state index >= 15 is 0 Å². The van der Waals surface area contributed by atoms with E-state index in [1.54, 1.807) is 15.8 Å². The molecule has 1 amide bonds. The van der Waals surface area contributed by atoms with Crippen molar-refractivity contribution in [2.45, 2.75) is 25.0 Å². The number of carbonyl (C=O) groups is 1. The van der Waals surface area contributed by atoms with E-state index in [4.69, 9.17) is 0 Å². The van der Waals surface area contributed by atoms with Crippen molar-refractivity contribution in [3.8, 4) is 5.69 Å². The SMILES string of the molecule is O=C(CS(=O)(=O)Cc1cnn(-c2ccccc2)c1)N1CCCCC1. The number of para-hydroxylation sites is 1. The first-order valence-corrected chi connectivity index (χ1v) is 9.93. The van der Waals surface area contributed by atoms with Gasteiger partial charge in [-0.25, -0.2) is 13.1 Å². The summed E-state index contributed by atoms with van der Waals surface area (Å²) in [5, 5.41) is 4.20. The number of likely N-dealkylation sites (tertiary alicyclic amines) is 1. The van der Waals surface area contributed by atoms with E-state index in [0.717, 1.165) is 24.9 Å². The second-order valence-electron chi connectivity index (χ2n) is 6.10. The van der Waals surface area contributed by atoms with Gasteiger partial charge in [-0.1, -0.05) is 18.2 Å². The minimum absolute atomic E-state index is 0.167. The van der Waals surface area contributed by atoms with Crippen LogP contribution < -0.4 is 0 Å². The first-order chi connectivity index (χ1) is 11.5. The Kier molecular flexibility index (Phi) is 4.99. The molecule has 0 aliphatic carbocycles. The molecule has 0 atom stereocenters. The number of benzene rings is 1. The zero-order valence-corrected chi connectivity index (χ0v) is 14.3. The lowest BCUT2D eigenvalue weighted by Crippen LogP contribution is -2.39. The van der Waals surface area contributed by atoms with E-state index < -0.39 is 15.6 Å². The van der Waals surface area contributed by atoms with Gasteiger partial charge in [0, 0.05) is 24.8 Å². The molecule has 1 aliphatic heterocycles. The van der Waals surface area contributed by atoms with Gasteiger partial charge in [-0.05, 0) is 31.4 Å². The topological polar surface area (TPSA) is 72.3 Å². The molecule has 0 radical (unpaired) electrons. The summed E-state index contributed by atoms with van der Waals surface area (Å²) < 4.78 is 26.3. The number of piperidine rings is 1. The van der Waals surface area contributed by atoms with Crippen LogP contribution >= 0.6 is 0 Å². The molecule has 24 heavy (non-hydrogen) atoms. The van der Waals surface area contributed by atoms with Gasteiger partial charge >= 0.3 is 0 Å². The monoisotopic (exact) mass is 347 g/mol. The molecular weight excluding hydrogens is 326 g/mol. The molecule has 2 aromatic rings. The molecule has 6 nitrogen and oxygen atoms in total. The van der Waals surface area contributed by atoms with Crippen LogP contribution in [0.15, 0.2) is 42.7 Å². The summed E-state index contributed by atoms with van der Waals surface area (Å²) in [5.41, 5.74) is 1.45. The minimum Gasteiger partial charge on any atom is -0.342 e. The van der Waals surface area contributed by atoms with Crippen molar-refractivity contribution in [1.29, 1.82) is 0 Å². The minimum atomic E-state index is -3.50. The fourth-order valence-electron chi connectivity index (χ4n) is 2.88. The normalized spacial score (nSPS) is 15.4. The Labute approximate surface area is 142 Å². The van der Waals surface area contributed by atoms with Gasteiger partial charge in [-0.15, -0.1) is 0 Å². The average Bonchev–Trinajstić information content (AvgIpc) is 3.03. The van der Waals surface area contributed by atoms with Gasteiger partial charge in [0.1, 0.15) is 5.75 Å². The van der Waals surface area contributed by atoms with Gasteiger partial charge < -0.3 is 4.90 Å². The summed E-state index contributed by atoms with van der Waals surface area (Å²) in [6.45, 7) is 1.33. The number of hydrogen-bond donors (Lipinski definition) is 0. The van der Waals surface area contributed by atoms with Gasteiger partial charge in [-0.3, -0.25) is 4.79 Å². The quantitative estimate of drug-likeness (QED) is 0.827. The standard InChI is InChI=1S/C17H21N3O3S/c21-17(19-9-5-2-6-10-19)14-24(22,23)13-15-11-18-20(12-15)16-7-3-1-4-8-16/h1,3-4,7-8,11-12H,2,5-6,9-10,13-14H2. The molecule has 128 valence electrons. The lowest BCUT2D eigenvalue weighted by Gasteiger charge is -2.26. The van der Waals surface area contributed by atoms with Crippen LogP contribution in [0.2, 0.25) is 0 Å². The predicted molar refractivity (Wildman–Crippen MR) is 91.5 cm³/mol. The molecule has 0 saturated carbocycles. The molecule has 1 saturated heterocycles. The summed E-state index contributed by atoms with van der Waals surface area (Å²) in [6, 6.07) is 9.48. The predicted octanol–water partition coefficient (Wildman–Crippen LogP) is 1.80. The number of aromatic nitrogens is 2. The smallest absolute Gasteiger partial charge is 0.237 e. The highest BCUT2D eigenvalue weighted by Gasteiger charge is 2.23. The van der Waals surface area contributed by atoms with Crippen molar-refractivity contribution in [2.24, 2.45) is 0 Å². The van der Waals surface area contributed by atoms with Crippen molar-refractivity contribution < 1.29 is 13.2 Å². The van der Waals surface area contributed by atoms with E-state index in [0.29, 0.717) is 18.7 Å². The highest BCUT2D eigenvalue weighted by molar-refractivity contribution is 7.91. The van der Waals surface area contributed by atoms with E-state index in [1.165, 1.54) is 6.20 Å². The Bertz CT molecular complexity index is 793. The van der Waals surface area contributed by atoms with Crippen LogP contribution in [-0.4, -0.2) is 47.8 Å². The fraction of sp³-hybridized carbons (Fsp3) is 0.412. The van der Waals surface area contributed by atoms with E-state index in [9.17, 15) is 13.2 Å². The molecule has 7 heteroatoms. The molecule has 0 bridgehead atoms. The van der Waals surface area contributed by atoms with Crippen molar-refractivity contribution in [1.82, 2.24) is 14.7 Å². The van der Waals surface area contributed by atoms with Gasteiger partial charge in [0.2, 0.25) is 5.91 Å². The summed E-state index contributed by atoms with van der Waals surface area (Å²) in [4.78, 5) is 13.8. The molecule has 0 unspecified atom stereocenters. The molecule has 2 heterocycles. The zero-order chi connectivity index (χ0) is 17.0. The van der Waals surface area contributed by atoms with Crippen molar-refractivity contribution in [3.05, 3.63) is 48.3 Å². The van der Waals surface area contributed by atoms with E-state index in [-0.39, 0.29) is 11.7 Å². The molecule has 1 aliphatic rings. The summed E-state index contributed by atoms with van der Waals surface area (Å²) >= 11 is 0. The molecular formula is C17H21N3O3S. The number of rotatable bonds is 5. The number of carbonyl (C=O) groups excluding carboxylic acids is 1. The second-order valence-corrected chi connectivity index (χ2v) is 8.17. The maximum Gasteiger partial charge on any atom is 0.237 e. The average molecular weight is 347 g/mol. The van der Waals surface area contributed by atoms with Crippen LogP contribution in [0.25, 0.3) is 5.69 Å². The van der Waals surface area contributed by atoms with E-state index in [1.807, 2.05) is 30.3 Å². The maximum absolute atomic E-state index is 12.3. The maximum atomic E-state index is 12.3. The van der Waals surface area contributed by atoms with Gasteiger partial charge in [0.25, 0.3) is 0 Å². The number of hydrogen-bond acceptors (Lipinski definition) is 4. The molecule has 3 rings (SSSR count). The largest absolute Gasteiger partial charge is 0.342 e. The lowest BCUT2D eigenvalue weighted by molar-refractivity contribution is -0.129. The molecule has 0 spiro atoms. The van der Waals surface area contributed by atoms with Crippen molar-refractivity contribution >= 4 is 15.7 Å². The summed E-state index contributed by atoms with van der Waals surface area (Å²) in [5.74, 6) is -0.881. The molecule has 1 aromatic carbocycles. The van der Waals surface area contributed by atoms with Gasteiger partial charge in [0.15, 0.2) is 9.84 Å². The first kappa shape index (κ1) is 16.7. The van der Waals surface area contributed by atoms with Crippen LogP contribution in [0.5, 0.6) is 0 Å². The molecule has 1 fully saturated rings. The summed E-state index contributed by atoms with van der Waals surface area (Å²) in [7, 11) is -3.50. The van der Waals surface area contributed by atoms with Gasteiger partial charge in [-0.2, -0.15) is 5.10 Å². The third-order valence-electron chi connectivity index (χ3n) is 4.10. The third-order valence-corrected chi connectivity index (χ3v) is 5.56. The highest BCUT2D eigenvalue weighted by atomic mass is 32.2. The molecule has 1 aromatic heterocycles. The first-order valence-electron chi connectivity index (χ1n) is 8.11. The Morgan fingerprint density at radius 3 is 2.50 bits per heavy atom. The Morgan fingerprint density at radius 1 is 1.08 bits per heavy atom. The fourth-order valence-corrected chi connectivity index (χ4v) is 4.20. The van der Waals surface area contributed by atoms with Crippen LogP contribution in [0.1, 0.15) is 24.8 Å². The van der Waals surface area contributed by atoms with Crippen molar-refractivity contribution in [2.75, 3.05) is 18.8 Å². The van der Waals surface area contributed by atoms with E-state index in [2.05, 4.69) is 5.10 Å². The number of amides is 1. The third kappa shape index (κ3) is 4.23. The van der Waals surface area contributed by atoms with Crippen LogP contribution in [0, 0.1) is 0 Å². The second kappa shape index (κ2) is 7.17. The van der Waals surface area contributed by atoms with Crippen LogP contribution in [0.3, 0.4) is 0 Å². The summed E-state index contributed by atoms with van der Waals surface area (Å²) in [6.07, 6.45) is 6.24. The number of sulfone groups is 1. The highest BCUT2D eigenvalue weighted by Crippen LogP contribution is 2.13. The Balaban J connectivity index is 1.64. The number of nitrogens with zero attached hydrogens (tertiary/aromatic N) is 3. The molecule has 0 N–H and O–H groups in total. The van der Waals surface area contributed by atoms with Crippen molar-refractivity contribution in [3.63, 3.8) is 0 Å². The lowest BCUT2D eigenvalue weighted by atomic mass is 10.1. The zero-order valence-electron chi connectivity index (χ0n) is 13.5. The van der Waals surface area contributed by atoms with Crippen LogP contribution in [0.4, 0.5) is 0 Å². The Hall–Kier alpha value is -2.15.